The van der Waals surface area contributed by atoms with Gasteiger partial charge in [0, 0.05) is 22.4 Å². The number of benzene rings is 3. The zero-order chi connectivity index (χ0) is 24.1. The predicted molar refractivity (Wildman–Crippen MR) is 123 cm³/mol. The summed E-state index contributed by atoms with van der Waals surface area (Å²) < 4.78 is 11.6. The van der Waals surface area contributed by atoms with E-state index in [4.69, 9.17) is 15.2 Å². The summed E-state index contributed by atoms with van der Waals surface area (Å²) in [5.74, 6) is -1.35. The monoisotopic (exact) mass is 456 g/mol. The quantitative estimate of drug-likeness (QED) is 0.619. The molecule has 0 saturated heterocycles. The molecule has 3 N–H and O–H groups in total. The lowest BCUT2D eigenvalue weighted by atomic mass is 9.87. The summed E-state index contributed by atoms with van der Waals surface area (Å²) in [4.78, 5) is 40.6. The fourth-order valence-corrected chi connectivity index (χ4v) is 4.34. The lowest BCUT2D eigenvalue weighted by Gasteiger charge is -2.29. The SMILES string of the molecule is COc1cccc2c1OC1=C(C(=O)c3c(O)ccc(C)c3C1=O)N(c1ccc(C(N)=O)cc1)C2. The Balaban J connectivity index is 1.77. The van der Waals surface area contributed by atoms with E-state index < -0.39 is 17.5 Å². The summed E-state index contributed by atoms with van der Waals surface area (Å²) in [7, 11) is 1.49. The Kier molecular flexibility index (Phi) is 4.86. The number of ketones is 2. The molecule has 0 radical (unpaired) electrons. The van der Waals surface area contributed by atoms with E-state index in [9.17, 15) is 19.5 Å². The van der Waals surface area contributed by atoms with Gasteiger partial charge in [-0.2, -0.15) is 0 Å². The van der Waals surface area contributed by atoms with Gasteiger partial charge < -0.3 is 25.2 Å². The van der Waals surface area contributed by atoms with Crippen LogP contribution in [0.5, 0.6) is 17.2 Å². The molecule has 5 rings (SSSR count). The van der Waals surface area contributed by atoms with E-state index in [1.165, 1.54) is 13.2 Å². The third kappa shape index (κ3) is 3.11. The van der Waals surface area contributed by atoms with Gasteiger partial charge in [-0.05, 0) is 48.9 Å². The number of rotatable bonds is 3. The molecule has 3 aromatic rings. The number of ether oxygens (including phenoxy) is 2. The van der Waals surface area contributed by atoms with Crippen LogP contribution in [0.25, 0.3) is 0 Å². The molecule has 1 aliphatic heterocycles. The molecule has 1 heterocycles. The first-order valence-electron chi connectivity index (χ1n) is 10.5. The van der Waals surface area contributed by atoms with Gasteiger partial charge in [-0.1, -0.05) is 18.2 Å². The summed E-state index contributed by atoms with van der Waals surface area (Å²) >= 11 is 0. The van der Waals surface area contributed by atoms with Crippen LogP contribution < -0.4 is 20.1 Å². The number of methoxy groups -OCH3 is 1. The van der Waals surface area contributed by atoms with Crippen LogP contribution in [0.4, 0.5) is 5.69 Å². The average Bonchev–Trinajstić information content (AvgIpc) is 3.01. The molecule has 34 heavy (non-hydrogen) atoms. The molecule has 3 aromatic carbocycles. The van der Waals surface area contributed by atoms with Crippen molar-refractivity contribution in [3.63, 3.8) is 0 Å². The van der Waals surface area contributed by atoms with Gasteiger partial charge in [-0.3, -0.25) is 14.4 Å². The first-order chi connectivity index (χ1) is 16.3. The van der Waals surface area contributed by atoms with Gasteiger partial charge in [-0.25, -0.2) is 0 Å². The number of aryl methyl sites for hydroxylation is 1. The summed E-state index contributed by atoms with van der Waals surface area (Å²) in [5, 5.41) is 10.5. The Labute approximate surface area is 194 Å². The summed E-state index contributed by atoms with van der Waals surface area (Å²) in [6, 6.07) is 14.6. The van der Waals surface area contributed by atoms with Gasteiger partial charge in [0.05, 0.1) is 19.2 Å². The van der Waals surface area contributed by atoms with Gasteiger partial charge in [0.1, 0.15) is 11.4 Å². The Hall–Kier alpha value is -4.59. The molecule has 2 aliphatic rings. The highest BCUT2D eigenvalue weighted by molar-refractivity contribution is 6.29. The van der Waals surface area contributed by atoms with Crippen LogP contribution in [-0.2, 0) is 6.54 Å². The van der Waals surface area contributed by atoms with Crippen LogP contribution in [-0.4, -0.2) is 29.7 Å². The average molecular weight is 456 g/mol. The van der Waals surface area contributed by atoms with Gasteiger partial charge in [0.2, 0.25) is 23.2 Å². The lowest BCUT2D eigenvalue weighted by Crippen LogP contribution is -2.34. The minimum atomic E-state index is -0.584. The van der Waals surface area contributed by atoms with Crippen molar-refractivity contribution in [2.75, 3.05) is 12.0 Å². The molecule has 1 amide bonds. The van der Waals surface area contributed by atoms with Crippen LogP contribution in [0.3, 0.4) is 0 Å². The Bertz CT molecular complexity index is 1420. The number of amides is 1. The maximum Gasteiger partial charge on any atom is 0.248 e. The number of nitrogens with two attached hydrogens (primary N) is 1. The highest BCUT2D eigenvalue weighted by Gasteiger charge is 2.42. The maximum absolute atomic E-state index is 13.8. The number of hydrogen-bond donors (Lipinski definition) is 2. The van der Waals surface area contributed by atoms with Crippen LogP contribution in [0.15, 0.2) is 66.1 Å². The number of hydrogen-bond acceptors (Lipinski definition) is 7. The zero-order valence-corrected chi connectivity index (χ0v) is 18.4. The maximum atomic E-state index is 13.8. The number of aromatic hydroxyl groups is 1. The van der Waals surface area contributed by atoms with E-state index in [0.29, 0.717) is 33.9 Å². The number of allylic oxidation sites excluding steroid dienone is 2. The number of primary amides is 1. The standard InChI is InChI=1S/C26H20N2O6/c1-13-6-11-17(29)20-19(13)23(31)25-21(22(20)30)28(16-9-7-14(8-10-16)26(27)32)12-15-4-3-5-18(33-2)24(15)34-25/h3-11,29H,12H2,1-2H3,(H2,27,32). The zero-order valence-electron chi connectivity index (χ0n) is 18.4. The minimum absolute atomic E-state index is 0.0107. The number of nitrogens with zero attached hydrogens (tertiary/aromatic N) is 1. The normalized spacial score (nSPS) is 14.6. The van der Waals surface area contributed by atoms with Gasteiger partial charge in [0.25, 0.3) is 0 Å². The van der Waals surface area contributed by atoms with Crippen molar-refractivity contribution < 1.29 is 29.0 Å². The van der Waals surface area contributed by atoms with Crippen LogP contribution in [0.2, 0.25) is 0 Å². The molecular weight excluding hydrogens is 436 g/mol. The molecule has 1 aliphatic carbocycles. The highest BCUT2D eigenvalue weighted by Crippen LogP contribution is 2.43. The summed E-state index contributed by atoms with van der Waals surface area (Å²) in [6.45, 7) is 1.86. The Morgan fingerprint density at radius 3 is 2.44 bits per heavy atom. The molecule has 0 fully saturated rings. The Morgan fingerprint density at radius 1 is 1.03 bits per heavy atom. The number of phenolic OH excluding ortho intramolecular Hbond substituents is 1. The van der Waals surface area contributed by atoms with Crippen molar-refractivity contribution in [1.82, 2.24) is 0 Å². The van der Waals surface area contributed by atoms with Gasteiger partial charge >= 0.3 is 0 Å². The number of anilines is 1. The molecule has 0 spiro atoms. The van der Waals surface area contributed by atoms with E-state index in [1.54, 1.807) is 54.3 Å². The van der Waals surface area contributed by atoms with Crippen molar-refractivity contribution in [2.45, 2.75) is 13.5 Å². The largest absolute Gasteiger partial charge is 0.507 e. The van der Waals surface area contributed by atoms with E-state index in [-0.39, 0.29) is 34.9 Å². The number of phenols is 1. The molecule has 0 unspecified atom stereocenters. The second-order valence-corrected chi connectivity index (χ2v) is 8.04. The number of Topliss-reactive ketones (excluding diaryl/α,β-unsaturated/α-hetero) is 2. The molecule has 0 saturated carbocycles. The van der Waals surface area contributed by atoms with E-state index in [1.807, 2.05) is 6.07 Å². The molecule has 8 nitrogen and oxygen atoms in total. The number of carbonyl (C=O) groups excluding carboxylic acids is 3. The molecule has 170 valence electrons. The van der Waals surface area contributed by atoms with Crippen molar-refractivity contribution in [3.05, 3.63) is 93.9 Å². The summed E-state index contributed by atoms with van der Waals surface area (Å²) in [5.41, 5.74) is 7.46. The second kappa shape index (κ2) is 7.77. The fraction of sp³-hybridized carbons (Fsp3) is 0.115. The molecule has 0 aromatic heterocycles. The molecular formula is C26H20N2O6. The van der Waals surface area contributed by atoms with Gasteiger partial charge in [-0.15, -0.1) is 0 Å². The van der Waals surface area contributed by atoms with Gasteiger partial charge in [0.15, 0.2) is 11.5 Å². The number of fused-ring (bicyclic) bond motifs is 2. The number of carbonyl (C=O) groups is 3. The van der Waals surface area contributed by atoms with E-state index in [0.717, 1.165) is 0 Å². The molecule has 0 bridgehead atoms. The van der Waals surface area contributed by atoms with Crippen LogP contribution in [0, 0.1) is 6.92 Å². The second-order valence-electron chi connectivity index (χ2n) is 8.04. The first-order valence-corrected chi connectivity index (χ1v) is 10.5. The van der Waals surface area contributed by atoms with Crippen molar-refractivity contribution in [1.29, 1.82) is 0 Å². The topological polar surface area (TPSA) is 119 Å². The minimum Gasteiger partial charge on any atom is -0.507 e. The molecule has 0 atom stereocenters. The van der Waals surface area contributed by atoms with Crippen molar-refractivity contribution in [2.24, 2.45) is 5.73 Å². The third-order valence-electron chi connectivity index (χ3n) is 6.03. The Morgan fingerprint density at radius 2 is 1.76 bits per heavy atom. The molecule has 8 heteroatoms. The highest BCUT2D eigenvalue weighted by atomic mass is 16.5. The van der Waals surface area contributed by atoms with E-state index in [2.05, 4.69) is 0 Å². The smallest absolute Gasteiger partial charge is 0.248 e. The summed E-state index contributed by atoms with van der Waals surface area (Å²) in [6.07, 6.45) is 0. The first kappa shape index (κ1) is 21.3. The van der Waals surface area contributed by atoms with Crippen molar-refractivity contribution >= 4 is 23.2 Å². The van der Waals surface area contributed by atoms with Crippen LogP contribution in [0.1, 0.15) is 42.2 Å². The third-order valence-corrected chi connectivity index (χ3v) is 6.03. The lowest BCUT2D eigenvalue weighted by molar-refractivity contribution is 0.0932. The predicted octanol–water partition coefficient (Wildman–Crippen LogP) is 3.50. The van der Waals surface area contributed by atoms with Crippen molar-refractivity contribution in [3.8, 4) is 17.2 Å². The fourth-order valence-electron chi connectivity index (χ4n) is 4.34. The van der Waals surface area contributed by atoms with E-state index >= 15 is 0 Å². The van der Waals surface area contributed by atoms with Crippen LogP contribution >= 0.6 is 0 Å². The number of para-hydroxylation sites is 1.